The van der Waals surface area contributed by atoms with Crippen molar-refractivity contribution in [3.8, 4) is 6.07 Å². The lowest BCUT2D eigenvalue weighted by atomic mass is 9.44. The Balaban J connectivity index is 0.00000157. The highest BCUT2D eigenvalue weighted by Gasteiger charge is 2.66. The van der Waals surface area contributed by atoms with E-state index < -0.39 is 22.7 Å². The lowest BCUT2D eigenvalue weighted by molar-refractivity contribution is -0.234. The first kappa shape index (κ1) is 17.5. The largest absolute Gasteiger partial charge is 0.390 e. The standard InChI is InChI=1S/C18H25N3O3.ClH/c19-6-12-1-11-2-13(11)21(12)15(22)14(20)16-3-10-4-17(23,7-16)9-18(24,5-10)8-16;/h10-14,23-24H,1-5,7-9,20H2;1H. The average molecular weight is 368 g/mol. The first-order valence-electron chi connectivity index (χ1n) is 9.19. The van der Waals surface area contributed by atoms with Crippen LogP contribution in [-0.4, -0.2) is 50.3 Å². The molecule has 0 aromatic heterocycles. The van der Waals surface area contributed by atoms with Gasteiger partial charge in [0.1, 0.15) is 6.04 Å². The van der Waals surface area contributed by atoms with Crippen LogP contribution in [0.3, 0.4) is 0 Å². The molecule has 6 unspecified atom stereocenters. The van der Waals surface area contributed by atoms with Gasteiger partial charge in [-0.1, -0.05) is 0 Å². The summed E-state index contributed by atoms with van der Waals surface area (Å²) in [5.41, 5.74) is 4.21. The molecule has 5 saturated carbocycles. The fourth-order valence-electron chi connectivity index (χ4n) is 7.07. The molecule has 1 saturated heterocycles. The maximum Gasteiger partial charge on any atom is 0.241 e. The van der Waals surface area contributed by atoms with Gasteiger partial charge in [0.15, 0.2) is 0 Å². The number of nitrogens with two attached hydrogens (primary N) is 1. The van der Waals surface area contributed by atoms with E-state index in [2.05, 4.69) is 6.07 Å². The Labute approximate surface area is 153 Å². The van der Waals surface area contributed by atoms with Crippen molar-refractivity contribution < 1.29 is 15.0 Å². The summed E-state index contributed by atoms with van der Waals surface area (Å²) in [5.74, 6) is 0.574. The molecule has 6 rings (SSSR count). The van der Waals surface area contributed by atoms with Crippen LogP contribution in [0, 0.1) is 28.6 Å². The summed E-state index contributed by atoms with van der Waals surface area (Å²) >= 11 is 0. The number of piperidine rings is 1. The van der Waals surface area contributed by atoms with Crippen LogP contribution < -0.4 is 5.73 Å². The monoisotopic (exact) mass is 367 g/mol. The second-order valence-corrected chi connectivity index (χ2v) is 9.49. The molecule has 1 heterocycles. The maximum atomic E-state index is 13.2. The van der Waals surface area contributed by atoms with Gasteiger partial charge in [-0.25, -0.2) is 0 Å². The van der Waals surface area contributed by atoms with E-state index in [0.717, 1.165) is 19.3 Å². The van der Waals surface area contributed by atoms with Gasteiger partial charge in [-0.2, -0.15) is 5.26 Å². The lowest BCUT2D eigenvalue weighted by Crippen LogP contribution is -2.69. The molecule has 6 aliphatic rings. The highest BCUT2D eigenvalue weighted by atomic mass is 35.5. The summed E-state index contributed by atoms with van der Waals surface area (Å²) in [6.45, 7) is 0. The van der Waals surface area contributed by atoms with Gasteiger partial charge in [-0.05, 0) is 56.8 Å². The number of likely N-dealkylation sites (tertiary alicyclic amines) is 1. The molecule has 25 heavy (non-hydrogen) atoms. The Hall–Kier alpha value is -0.870. The van der Waals surface area contributed by atoms with E-state index in [1.807, 2.05) is 0 Å². The van der Waals surface area contributed by atoms with E-state index >= 15 is 0 Å². The number of carbonyl (C=O) groups is 1. The van der Waals surface area contributed by atoms with Gasteiger partial charge in [-0.3, -0.25) is 4.79 Å². The van der Waals surface area contributed by atoms with Crippen molar-refractivity contribution in [2.45, 2.75) is 80.7 Å². The number of nitrogens with zero attached hydrogens (tertiary/aromatic N) is 2. The third-order valence-corrected chi connectivity index (χ3v) is 7.49. The zero-order valence-electron chi connectivity index (χ0n) is 14.2. The number of halogens is 1. The van der Waals surface area contributed by atoms with Crippen LogP contribution in [0.25, 0.3) is 0 Å². The summed E-state index contributed by atoms with van der Waals surface area (Å²) in [7, 11) is 0. The Morgan fingerprint density at radius 3 is 2.36 bits per heavy atom. The molecule has 6 fully saturated rings. The van der Waals surface area contributed by atoms with Crippen LogP contribution in [0.1, 0.15) is 51.4 Å². The van der Waals surface area contributed by atoms with Crippen molar-refractivity contribution in [2.24, 2.45) is 23.0 Å². The molecule has 0 radical (unpaired) electrons. The fourth-order valence-corrected chi connectivity index (χ4v) is 7.07. The van der Waals surface area contributed by atoms with Crippen molar-refractivity contribution in [1.82, 2.24) is 4.90 Å². The second-order valence-electron chi connectivity index (χ2n) is 9.49. The van der Waals surface area contributed by atoms with Crippen LogP contribution >= 0.6 is 12.4 Å². The van der Waals surface area contributed by atoms with E-state index in [4.69, 9.17) is 5.73 Å². The SMILES string of the molecule is Cl.N#CC1CC2CC2N1C(=O)C(N)C12CC3CC(O)(CC(O)(C3)C1)C2. The molecule has 5 aliphatic carbocycles. The molecule has 1 amide bonds. The third kappa shape index (κ3) is 2.36. The Morgan fingerprint density at radius 1 is 1.16 bits per heavy atom. The Bertz CT molecular complexity index is 646. The molecular weight excluding hydrogens is 342 g/mol. The maximum absolute atomic E-state index is 13.2. The number of fused-ring (bicyclic) bond motifs is 1. The second kappa shape index (κ2) is 5.10. The minimum absolute atomic E-state index is 0. The predicted octanol–water partition coefficient (Wildman–Crippen LogP) is 0.695. The highest BCUT2D eigenvalue weighted by Crippen LogP contribution is 2.64. The number of hydrogen-bond donors (Lipinski definition) is 3. The van der Waals surface area contributed by atoms with Crippen LogP contribution in [0.2, 0.25) is 0 Å². The number of hydrogen-bond acceptors (Lipinski definition) is 5. The molecule has 0 aromatic carbocycles. The summed E-state index contributed by atoms with van der Waals surface area (Å²) in [5, 5.41) is 31.1. The van der Waals surface area contributed by atoms with Crippen LogP contribution in [0.5, 0.6) is 0 Å². The Kier molecular flexibility index (Phi) is 3.58. The fraction of sp³-hybridized carbons (Fsp3) is 0.889. The Morgan fingerprint density at radius 2 is 1.80 bits per heavy atom. The zero-order valence-corrected chi connectivity index (χ0v) is 15.0. The minimum Gasteiger partial charge on any atom is -0.390 e. The summed E-state index contributed by atoms with van der Waals surface area (Å²) in [6, 6.07) is 1.36. The van der Waals surface area contributed by atoms with E-state index in [0.29, 0.717) is 38.0 Å². The predicted molar refractivity (Wildman–Crippen MR) is 91.5 cm³/mol. The lowest BCUT2D eigenvalue weighted by Gasteiger charge is -2.64. The van der Waals surface area contributed by atoms with E-state index in [9.17, 15) is 20.3 Å². The van der Waals surface area contributed by atoms with E-state index in [1.165, 1.54) is 0 Å². The molecule has 4 bridgehead atoms. The smallest absolute Gasteiger partial charge is 0.241 e. The molecule has 0 spiro atoms. The van der Waals surface area contributed by atoms with Gasteiger partial charge in [0.2, 0.25) is 5.91 Å². The van der Waals surface area contributed by atoms with Gasteiger partial charge in [0.25, 0.3) is 0 Å². The van der Waals surface area contributed by atoms with Crippen LogP contribution in [0.15, 0.2) is 0 Å². The zero-order chi connectivity index (χ0) is 16.9. The number of rotatable bonds is 2. The summed E-state index contributed by atoms with van der Waals surface area (Å²) < 4.78 is 0. The van der Waals surface area contributed by atoms with Crippen molar-refractivity contribution in [3.05, 3.63) is 0 Å². The molecule has 4 N–H and O–H groups in total. The van der Waals surface area contributed by atoms with Gasteiger partial charge < -0.3 is 20.8 Å². The quantitative estimate of drug-likeness (QED) is 0.665. The molecule has 6 nitrogen and oxygen atoms in total. The minimum atomic E-state index is -0.881. The van der Waals surface area contributed by atoms with Gasteiger partial charge in [-0.15, -0.1) is 12.4 Å². The van der Waals surface area contributed by atoms with Gasteiger partial charge >= 0.3 is 0 Å². The number of carbonyl (C=O) groups excluding carboxylic acids is 1. The first-order chi connectivity index (χ1) is 11.3. The van der Waals surface area contributed by atoms with E-state index in [-0.39, 0.29) is 36.3 Å². The van der Waals surface area contributed by atoms with Crippen molar-refractivity contribution >= 4 is 18.3 Å². The average Bonchev–Trinajstić information content (AvgIpc) is 3.12. The first-order valence-corrected chi connectivity index (χ1v) is 9.19. The number of nitriles is 1. The van der Waals surface area contributed by atoms with E-state index in [1.54, 1.807) is 4.90 Å². The summed E-state index contributed by atoms with van der Waals surface area (Å²) in [4.78, 5) is 14.9. The summed E-state index contributed by atoms with van der Waals surface area (Å²) in [6.07, 6.45) is 5.41. The normalized spacial score (nSPS) is 53.0. The third-order valence-electron chi connectivity index (χ3n) is 7.49. The van der Waals surface area contributed by atoms with Crippen molar-refractivity contribution in [3.63, 3.8) is 0 Å². The van der Waals surface area contributed by atoms with Gasteiger partial charge in [0.05, 0.1) is 23.3 Å². The topological polar surface area (TPSA) is 111 Å². The molecule has 138 valence electrons. The highest BCUT2D eigenvalue weighted by molar-refractivity contribution is 5.85. The number of amides is 1. The van der Waals surface area contributed by atoms with Crippen LogP contribution in [-0.2, 0) is 4.79 Å². The molecule has 0 aromatic rings. The molecule has 1 aliphatic heterocycles. The van der Waals surface area contributed by atoms with Crippen LogP contribution in [0.4, 0.5) is 0 Å². The molecular formula is C18H26ClN3O3. The number of aliphatic hydroxyl groups is 2. The van der Waals surface area contributed by atoms with Crippen molar-refractivity contribution in [1.29, 1.82) is 5.26 Å². The van der Waals surface area contributed by atoms with Crippen molar-refractivity contribution in [2.75, 3.05) is 0 Å². The molecule has 7 heteroatoms. The van der Waals surface area contributed by atoms with Gasteiger partial charge in [0, 0.05) is 17.9 Å². The molecule has 6 atom stereocenters.